The number of hydrogen-bond donors (Lipinski definition) is 2. The zero-order valence-corrected chi connectivity index (χ0v) is 16.0. The van der Waals surface area contributed by atoms with Gasteiger partial charge in [0.1, 0.15) is 5.82 Å². The van der Waals surface area contributed by atoms with Crippen molar-refractivity contribution in [2.24, 2.45) is 0 Å². The number of hydrogen-bond acceptors (Lipinski definition) is 6. The van der Waals surface area contributed by atoms with Gasteiger partial charge < -0.3 is 20.2 Å². The van der Waals surface area contributed by atoms with Crippen LogP contribution in [0.1, 0.15) is 16.1 Å². The van der Waals surface area contributed by atoms with E-state index in [1.807, 2.05) is 4.90 Å². The van der Waals surface area contributed by atoms with Gasteiger partial charge in [0, 0.05) is 37.7 Å². The van der Waals surface area contributed by atoms with Crippen molar-refractivity contribution in [3.8, 4) is 0 Å². The molecule has 0 radical (unpaired) electrons. The van der Waals surface area contributed by atoms with Crippen molar-refractivity contribution in [3.63, 3.8) is 0 Å². The summed E-state index contributed by atoms with van der Waals surface area (Å²) in [5, 5.41) is 12.7. The van der Waals surface area contributed by atoms with E-state index in [-0.39, 0.29) is 12.5 Å². The van der Waals surface area contributed by atoms with Crippen LogP contribution < -0.4 is 10.2 Å². The van der Waals surface area contributed by atoms with Crippen LogP contribution in [0.5, 0.6) is 0 Å². The van der Waals surface area contributed by atoms with Gasteiger partial charge in [0.15, 0.2) is 0 Å². The molecule has 0 bridgehead atoms. The molecule has 1 aromatic rings. The largest absolute Gasteiger partial charge is 0.465 e. The third-order valence-corrected chi connectivity index (χ3v) is 4.71. The second-order valence-corrected chi connectivity index (χ2v) is 6.38. The highest BCUT2D eigenvalue weighted by Gasteiger charge is 2.27. The molecular weight excluding hydrogens is 410 g/mol. The van der Waals surface area contributed by atoms with E-state index in [0.29, 0.717) is 54.1 Å². The predicted octanol–water partition coefficient (Wildman–Crippen LogP) is 0.524. The Morgan fingerprint density at radius 2 is 2.08 bits per heavy atom. The SMILES string of the molecule is CON(C)C(=O)c1cc(Br)c(CNC=O)nc1N1CCN(C(=O)O)CC1. The third-order valence-electron chi connectivity index (χ3n) is 4.02. The molecule has 2 heterocycles. The number of halogens is 1. The number of anilines is 1. The van der Waals surface area contributed by atoms with E-state index < -0.39 is 6.09 Å². The first kappa shape index (κ1) is 19.9. The van der Waals surface area contributed by atoms with E-state index in [4.69, 9.17) is 9.94 Å². The van der Waals surface area contributed by atoms with E-state index in [1.54, 1.807) is 6.07 Å². The van der Waals surface area contributed by atoms with Crippen LogP contribution in [-0.2, 0) is 16.2 Å². The lowest BCUT2D eigenvalue weighted by molar-refractivity contribution is -0.109. The van der Waals surface area contributed by atoms with Crippen LogP contribution in [0.3, 0.4) is 0 Å². The second kappa shape index (κ2) is 8.81. The van der Waals surface area contributed by atoms with Crippen molar-refractivity contribution < 1.29 is 24.3 Å². The first-order valence-electron chi connectivity index (χ1n) is 7.80. The van der Waals surface area contributed by atoms with Crippen molar-refractivity contribution in [1.82, 2.24) is 20.3 Å². The number of nitrogens with zero attached hydrogens (tertiary/aromatic N) is 4. The van der Waals surface area contributed by atoms with Gasteiger partial charge in [-0.15, -0.1) is 0 Å². The number of nitrogens with one attached hydrogen (secondary N) is 1. The Hall–Kier alpha value is -2.40. The van der Waals surface area contributed by atoms with Gasteiger partial charge in [0.25, 0.3) is 5.91 Å². The first-order valence-corrected chi connectivity index (χ1v) is 8.59. The maximum atomic E-state index is 12.6. The molecule has 142 valence electrons. The summed E-state index contributed by atoms with van der Waals surface area (Å²) in [4.78, 5) is 47.0. The summed E-state index contributed by atoms with van der Waals surface area (Å²) in [6.07, 6.45) is -0.406. The second-order valence-electron chi connectivity index (χ2n) is 5.53. The number of piperazine rings is 1. The fraction of sp³-hybridized carbons (Fsp3) is 0.467. The van der Waals surface area contributed by atoms with Gasteiger partial charge in [0.2, 0.25) is 6.41 Å². The minimum atomic E-state index is -0.972. The molecular formula is C15H20BrN5O5. The fourth-order valence-electron chi connectivity index (χ4n) is 2.54. The van der Waals surface area contributed by atoms with Crippen LogP contribution in [0.25, 0.3) is 0 Å². The molecule has 1 aromatic heterocycles. The van der Waals surface area contributed by atoms with Gasteiger partial charge in [-0.2, -0.15) is 0 Å². The van der Waals surface area contributed by atoms with Crippen LogP contribution >= 0.6 is 15.9 Å². The maximum Gasteiger partial charge on any atom is 0.407 e. The molecule has 1 saturated heterocycles. The van der Waals surface area contributed by atoms with Gasteiger partial charge in [-0.3, -0.25) is 14.4 Å². The minimum Gasteiger partial charge on any atom is -0.465 e. The number of carboxylic acid groups (broad SMARTS) is 1. The molecule has 0 unspecified atom stereocenters. The van der Waals surface area contributed by atoms with E-state index in [2.05, 4.69) is 26.2 Å². The monoisotopic (exact) mass is 429 g/mol. The molecule has 11 heteroatoms. The highest BCUT2D eigenvalue weighted by Crippen LogP contribution is 2.27. The van der Waals surface area contributed by atoms with Crippen LogP contribution in [0.15, 0.2) is 10.5 Å². The Bertz CT molecular complexity index is 693. The molecule has 0 aromatic carbocycles. The van der Waals surface area contributed by atoms with Crippen molar-refractivity contribution in [1.29, 1.82) is 0 Å². The number of carbonyl (C=O) groups is 3. The van der Waals surface area contributed by atoms with E-state index in [1.165, 1.54) is 19.1 Å². The highest BCUT2D eigenvalue weighted by molar-refractivity contribution is 9.10. The molecule has 1 aliphatic rings. The third kappa shape index (κ3) is 4.41. The number of carbonyl (C=O) groups excluding carboxylic acids is 2. The molecule has 26 heavy (non-hydrogen) atoms. The first-order chi connectivity index (χ1) is 12.4. The Kier molecular flexibility index (Phi) is 6.75. The normalized spacial score (nSPS) is 14.1. The van der Waals surface area contributed by atoms with Crippen LogP contribution in [-0.4, -0.2) is 78.8 Å². The smallest absolute Gasteiger partial charge is 0.407 e. The lowest BCUT2D eigenvalue weighted by Crippen LogP contribution is -2.49. The van der Waals surface area contributed by atoms with Crippen LogP contribution in [0.4, 0.5) is 10.6 Å². The number of hydroxylamine groups is 2. The summed E-state index contributed by atoms with van der Waals surface area (Å²) < 4.78 is 0.577. The van der Waals surface area contributed by atoms with Gasteiger partial charge in [-0.05, 0) is 22.0 Å². The molecule has 0 saturated carbocycles. The number of rotatable bonds is 6. The molecule has 2 rings (SSSR count). The lowest BCUT2D eigenvalue weighted by atomic mass is 10.1. The molecule has 0 atom stereocenters. The topological polar surface area (TPSA) is 115 Å². The molecule has 10 nitrogen and oxygen atoms in total. The van der Waals surface area contributed by atoms with Gasteiger partial charge in [0.05, 0.1) is 24.9 Å². The minimum absolute atomic E-state index is 0.195. The Morgan fingerprint density at radius 1 is 1.42 bits per heavy atom. The average molecular weight is 430 g/mol. The Labute approximate surface area is 158 Å². The van der Waals surface area contributed by atoms with Gasteiger partial charge >= 0.3 is 6.09 Å². The quantitative estimate of drug-likeness (QED) is 0.500. The summed E-state index contributed by atoms with van der Waals surface area (Å²) in [5.74, 6) is 0.0427. The Morgan fingerprint density at radius 3 is 2.62 bits per heavy atom. The summed E-state index contributed by atoms with van der Waals surface area (Å²) in [6, 6.07) is 1.63. The van der Waals surface area contributed by atoms with Crippen LogP contribution in [0.2, 0.25) is 0 Å². The summed E-state index contributed by atoms with van der Waals surface area (Å²) >= 11 is 3.37. The number of aromatic nitrogens is 1. The van der Waals surface area contributed by atoms with Crippen molar-refractivity contribution in [2.75, 3.05) is 45.2 Å². The van der Waals surface area contributed by atoms with Crippen molar-refractivity contribution >= 4 is 40.2 Å². The maximum absolute atomic E-state index is 12.6. The number of amides is 3. The Balaban J connectivity index is 2.38. The fourth-order valence-corrected chi connectivity index (χ4v) is 3.00. The van der Waals surface area contributed by atoms with Gasteiger partial charge in [-0.1, -0.05) is 0 Å². The summed E-state index contributed by atoms with van der Waals surface area (Å²) in [5.41, 5.74) is 0.879. The van der Waals surface area contributed by atoms with Crippen molar-refractivity contribution in [2.45, 2.75) is 6.54 Å². The highest BCUT2D eigenvalue weighted by atomic mass is 79.9. The van der Waals surface area contributed by atoms with Crippen LogP contribution in [0, 0.1) is 0 Å². The zero-order valence-electron chi connectivity index (χ0n) is 14.4. The molecule has 0 aliphatic carbocycles. The number of pyridine rings is 1. The average Bonchev–Trinajstić information content (AvgIpc) is 2.65. The van der Waals surface area contributed by atoms with E-state index in [0.717, 1.165) is 5.06 Å². The van der Waals surface area contributed by atoms with E-state index >= 15 is 0 Å². The van der Waals surface area contributed by atoms with Gasteiger partial charge in [-0.25, -0.2) is 14.8 Å². The molecule has 3 amide bonds. The van der Waals surface area contributed by atoms with E-state index in [9.17, 15) is 14.4 Å². The lowest BCUT2D eigenvalue weighted by Gasteiger charge is -2.35. The summed E-state index contributed by atoms with van der Waals surface area (Å²) in [6.45, 7) is 1.61. The zero-order chi connectivity index (χ0) is 19.3. The molecule has 1 fully saturated rings. The predicted molar refractivity (Wildman–Crippen MR) is 95.8 cm³/mol. The molecule has 2 N–H and O–H groups in total. The summed E-state index contributed by atoms with van der Waals surface area (Å²) in [7, 11) is 2.87. The molecule has 0 spiro atoms. The van der Waals surface area contributed by atoms with Crippen molar-refractivity contribution in [3.05, 3.63) is 21.8 Å². The standard InChI is InChI=1S/C15H20BrN5O5/c1-19(26-2)14(23)10-7-11(16)12(8-17-9-22)18-13(10)20-3-5-21(6-4-20)15(24)25/h7,9H,3-6,8H2,1-2H3,(H,17,22)(H,24,25). The molecule has 1 aliphatic heterocycles.